The highest BCUT2D eigenvalue weighted by molar-refractivity contribution is 5.86. The Bertz CT molecular complexity index is 981. The molecular weight excluding hydrogens is 376 g/mol. The first-order valence-electron chi connectivity index (χ1n) is 10.5. The van der Waals surface area contributed by atoms with Crippen LogP contribution in [0.5, 0.6) is 0 Å². The van der Waals surface area contributed by atoms with Crippen LogP contribution in [0.25, 0.3) is 10.8 Å². The first-order valence-corrected chi connectivity index (χ1v) is 10.5. The summed E-state index contributed by atoms with van der Waals surface area (Å²) in [6, 6.07) is 23.5. The average Bonchev–Trinajstić information content (AvgIpc) is 2.82. The predicted molar refractivity (Wildman–Crippen MR) is 118 cm³/mol. The average molecular weight is 405 g/mol. The summed E-state index contributed by atoms with van der Waals surface area (Å²) >= 11 is 0. The maximum Gasteiger partial charge on any atom is 0.315 e. The van der Waals surface area contributed by atoms with E-state index in [9.17, 15) is 9.90 Å². The van der Waals surface area contributed by atoms with E-state index < -0.39 is 5.60 Å². The van der Waals surface area contributed by atoms with Gasteiger partial charge in [0, 0.05) is 19.8 Å². The summed E-state index contributed by atoms with van der Waals surface area (Å²) < 4.78 is 5.47. The van der Waals surface area contributed by atoms with Crippen molar-refractivity contribution in [2.24, 2.45) is 5.92 Å². The van der Waals surface area contributed by atoms with Crippen molar-refractivity contribution in [3.8, 4) is 0 Å². The number of hydrogen-bond acceptors (Lipinski definition) is 3. The fourth-order valence-corrected chi connectivity index (χ4v) is 4.28. The molecular formula is C25H28N2O3. The van der Waals surface area contributed by atoms with Crippen molar-refractivity contribution in [1.29, 1.82) is 0 Å². The lowest BCUT2D eigenvalue weighted by molar-refractivity contribution is -0.0676. The maximum atomic E-state index is 12.6. The Morgan fingerprint density at radius 3 is 2.43 bits per heavy atom. The Balaban J connectivity index is 1.42. The van der Waals surface area contributed by atoms with Gasteiger partial charge in [0.15, 0.2) is 0 Å². The number of rotatable bonds is 6. The molecule has 0 saturated carbocycles. The van der Waals surface area contributed by atoms with Gasteiger partial charge < -0.3 is 20.5 Å². The highest BCUT2D eigenvalue weighted by Gasteiger charge is 2.39. The normalized spacial score (nSPS) is 16.7. The molecule has 1 atom stereocenters. The molecule has 1 fully saturated rings. The topological polar surface area (TPSA) is 70.6 Å². The standard InChI is InChI=1S/C25H28N2O3/c28-24(26-17-20-9-6-8-19-7-4-5-12-23(19)20)27-18-25(29,21-10-2-1-3-11-21)22-13-15-30-16-14-22/h1-12,22,29H,13-18H2,(H2,26,27,28)/t25-/m0/s1. The second-order valence-electron chi connectivity index (χ2n) is 7.85. The van der Waals surface area contributed by atoms with E-state index in [4.69, 9.17) is 4.74 Å². The van der Waals surface area contributed by atoms with Crippen molar-refractivity contribution in [2.45, 2.75) is 25.0 Å². The fourth-order valence-electron chi connectivity index (χ4n) is 4.28. The Kier molecular flexibility index (Phi) is 6.31. The van der Waals surface area contributed by atoms with Crippen LogP contribution in [0.15, 0.2) is 72.8 Å². The van der Waals surface area contributed by atoms with E-state index in [1.165, 1.54) is 0 Å². The Morgan fingerprint density at radius 2 is 1.63 bits per heavy atom. The van der Waals surface area contributed by atoms with Crippen LogP contribution in [0.3, 0.4) is 0 Å². The van der Waals surface area contributed by atoms with Gasteiger partial charge in [-0.15, -0.1) is 0 Å². The summed E-state index contributed by atoms with van der Waals surface area (Å²) in [5.74, 6) is 0.0343. The van der Waals surface area contributed by atoms with Crippen molar-refractivity contribution in [2.75, 3.05) is 19.8 Å². The van der Waals surface area contributed by atoms with Gasteiger partial charge in [-0.3, -0.25) is 0 Å². The third kappa shape index (κ3) is 4.48. The molecule has 1 aliphatic rings. The first-order chi connectivity index (χ1) is 14.7. The van der Waals surface area contributed by atoms with Gasteiger partial charge in [-0.1, -0.05) is 72.8 Å². The highest BCUT2D eigenvalue weighted by Crippen LogP contribution is 2.35. The number of fused-ring (bicyclic) bond motifs is 1. The second kappa shape index (κ2) is 9.28. The van der Waals surface area contributed by atoms with Gasteiger partial charge >= 0.3 is 6.03 Å². The number of aliphatic hydroxyl groups is 1. The van der Waals surface area contributed by atoms with Crippen LogP contribution in [0.2, 0.25) is 0 Å². The fraction of sp³-hybridized carbons (Fsp3) is 0.320. The zero-order chi connectivity index (χ0) is 20.8. The zero-order valence-corrected chi connectivity index (χ0v) is 17.0. The number of ether oxygens (including phenoxy) is 1. The van der Waals surface area contributed by atoms with E-state index in [0.29, 0.717) is 19.8 Å². The van der Waals surface area contributed by atoms with Crippen LogP contribution in [0.4, 0.5) is 4.79 Å². The van der Waals surface area contributed by atoms with Crippen molar-refractivity contribution >= 4 is 16.8 Å². The van der Waals surface area contributed by atoms with E-state index >= 15 is 0 Å². The zero-order valence-electron chi connectivity index (χ0n) is 17.0. The minimum absolute atomic E-state index is 0.0343. The number of urea groups is 1. The summed E-state index contributed by atoms with van der Waals surface area (Å²) in [6.45, 7) is 1.84. The summed E-state index contributed by atoms with van der Waals surface area (Å²) in [7, 11) is 0. The molecule has 30 heavy (non-hydrogen) atoms. The van der Waals surface area contributed by atoms with E-state index in [1.807, 2.05) is 54.6 Å². The molecule has 3 N–H and O–H groups in total. The Morgan fingerprint density at radius 1 is 0.933 bits per heavy atom. The molecule has 5 nitrogen and oxygen atoms in total. The lowest BCUT2D eigenvalue weighted by Crippen LogP contribution is -2.49. The molecule has 2 amide bonds. The van der Waals surface area contributed by atoms with Crippen LogP contribution in [-0.4, -0.2) is 30.9 Å². The highest BCUT2D eigenvalue weighted by atomic mass is 16.5. The molecule has 0 aromatic heterocycles. The number of benzene rings is 3. The molecule has 0 unspecified atom stereocenters. The molecule has 3 aromatic rings. The lowest BCUT2D eigenvalue weighted by Gasteiger charge is -2.39. The first kappa shape index (κ1) is 20.4. The van der Waals surface area contributed by atoms with Gasteiger partial charge in [-0.25, -0.2) is 4.79 Å². The molecule has 0 spiro atoms. The maximum absolute atomic E-state index is 12.6. The quantitative estimate of drug-likeness (QED) is 0.583. The number of hydrogen-bond donors (Lipinski definition) is 3. The van der Waals surface area contributed by atoms with Crippen molar-refractivity contribution in [3.63, 3.8) is 0 Å². The summed E-state index contributed by atoms with van der Waals surface area (Å²) in [4.78, 5) is 12.6. The van der Waals surface area contributed by atoms with Gasteiger partial charge in [-0.2, -0.15) is 0 Å². The van der Waals surface area contributed by atoms with E-state index in [2.05, 4.69) is 28.8 Å². The number of carbonyl (C=O) groups is 1. The number of amides is 2. The largest absolute Gasteiger partial charge is 0.383 e. The van der Waals surface area contributed by atoms with E-state index in [0.717, 1.165) is 34.7 Å². The molecule has 0 radical (unpaired) electrons. The van der Waals surface area contributed by atoms with Crippen molar-refractivity contribution < 1.29 is 14.6 Å². The van der Waals surface area contributed by atoms with Crippen LogP contribution in [-0.2, 0) is 16.9 Å². The minimum Gasteiger partial charge on any atom is -0.383 e. The van der Waals surface area contributed by atoms with Gasteiger partial charge in [0.1, 0.15) is 5.60 Å². The summed E-state index contributed by atoms with van der Waals surface area (Å²) in [5.41, 5.74) is 0.763. The molecule has 1 heterocycles. The predicted octanol–water partition coefficient (Wildman–Crippen LogP) is 3.95. The van der Waals surface area contributed by atoms with Crippen LogP contribution >= 0.6 is 0 Å². The lowest BCUT2D eigenvalue weighted by atomic mass is 9.77. The van der Waals surface area contributed by atoms with Crippen molar-refractivity contribution in [1.82, 2.24) is 10.6 Å². The Labute approximate surface area is 177 Å². The minimum atomic E-state index is -1.12. The molecule has 1 saturated heterocycles. The Hall–Kier alpha value is -2.89. The number of nitrogens with one attached hydrogen (secondary N) is 2. The van der Waals surface area contributed by atoms with Crippen LogP contribution < -0.4 is 10.6 Å². The van der Waals surface area contributed by atoms with E-state index in [-0.39, 0.29) is 18.5 Å². The van der Waals surface area contributed by atoms with Gasteiger partial charge in [0.25, 0.3) is 0 Å². The number of carbonyl (C=O) groups excluding carboxylic acids is 1. The monoisotopic (exact) mass is 404 g/mol. The van der Waals surface area contributed by atoms with Gasteiger partial charge in [0.2, 0.25) is 0 Å². The molecule has 1 aliphatic heterocycles. The SMILES string of the molecule is O=C(NCc1cccc2ccccc12)NC[C@](O)(c1ccccc1)C1CCOCC1. The second-order valence-corrected chi connectivity index (χ2v) is 7.85. The van der Waals surface area contributed by atoms with Gasteiger partial charge in [-0.05, 0) is 40.7 Å². The smallest absolute Gasteiger partial charge is 0.315 e. The van der Waals surface area contributed by atoms with Crippen molar-refractivity contribution in [3.05, 3.63) is 83.9 Å². The molecule has 5 heteroatoms. The molecule has 0 bridgehead atoms. The van der Waals surface area contributed by atoms with Gasteiger partial charge in [0.05, 0.1) is 6.54 Å². The molecule has 3 aromatic carbocycles. The summed E-state index contributed by atoms with van der Waals surface area (Å²) in [5, 5.41) is 19.7. The molecule has 156 valence electrons. The molecule has 0 aliphatic carbocycles. The third-order valence-corrected chi connectivity index (χ3v) is 6.01. The van der Waals surface area contributed by atoms with E-state index in [1.54, 1.807) is 0 Å². The third-order valence-electron chi connectivity index (χ3n) is 6.01. The summed E-state index contributed by atoms with van der Waals surface area (Å²) in [6.07, 6.45) is 1.54. The van der Waals surface area contributed by atoms with Crippen LogP contribution in [0, 0.1) is 5.92 Å². The molecule has 4 rings (SSSR count). The van der Waals surface area contributed by atoms with Crippen LogP contribution in [0.1, 0.15) is 24.0 Å².